The van der Waals surface area contributed by atoms with Gasteiger partial charge in [0.2, 0.25) is 0 Å². The Morgan fingerprint density at radius 3 is 2.75 bits per heavy atom. The SMILES string of the molecule is C/C(=C\n1c2c(c3cc(C)ccc31)CN1CCCCC1C2)c1ccc(F)cc1. The van der Waals surface area contributed by atoms with Gasteiger partial charge in [0.05, 0.1) is 5.52 Å². The second-order valence-electron chi connectivity index (χ2n) is 8.46. The summed E-state index contributed by atoms with van der Waals surface area (Å²) in [5.41, 5.74) is 7.79. The number of hydrogen-bond acceptors (Lipinski definition) is 1. The highest BCUT2D eigenvalue weighted by atomic mass is 19.1. The third kappa shape index (κ3) is 2.98. The van der Waals surface area contributed by atoms with Crippen molar-refractivity contribution in [2.24, 2.45) is 0 Å². The first-order valence-corrected chi connectivity index (χ1v) is 10.4. The maximum atomic E-state index is 13.3. The van der Waals surface area contributed by atoms with Gasteiger partial charge in [0, 0.05) is 36.3 Å². The van der Waals surface area contributed by atoms with E-state index < -0.39 is 0 Å². The fraction of sp³-hybridized carbons (Fsp3) is 0.360. The van der Waals surface area contributed by atoms with E-state index in [-0.39, 0.29) is 5.82 Å². The maximum absolute atomic E-state index is 13.3. The highest BCUT2D eigenvalue weighted by molar-refractivity contribution is 5.90. The molecule has 1 atom stereocenters. The monoisotopic (exact) mass is 374 g/mol. The molecule has 1 unspecified atom stereocenters. The number of halogens is 1. The molecule has 2 aliphatic heterocycles. The Balaban J connectivity index is 1.66. The van der Waals surface area contributed by atoms with Crippen molar-refractivity contribution >= 4 is 22.7 Å². The first kappa shape index (κ1) is 17.7. The van der Waals surface area contributed by atoms with Gasteiger partial charge in [-0.1, -0.05) is 30.2 Å². The van der Waals surface area contributed by atoms with Gasteiger partial charge < -0.3 is 4.57 Å². The number of rotatable bonds is 2. The Labute approximate surface area is 166 Å². The van der Waals surface area contributed by atoms with Crippen molar-refractivity contribution in [1.29, 1.82) is 0 Å². The lowest BCUT2D eigenvalue weighted by atomic mass is 9.91. The van der Waals surface area contributed by atoms with Crippen molar-refractivity contribution in [3.05, 3.63) is 70.7 Å². The molecule has 0 bridgehead atoms. The van der Waals surface area contributed by atoms with Crippen LogP contribution >= 0.6 is 0 Å². The number of piperidine rings is 1. The largest absolute Gasteiger partial charge is 0.320 e. The Morgan fingerprint density at radius 1 is 1.11 bits per heavy atom. The van der Waals surface area contributed by atoms with Gasteiger partial charge in [-0.3, -0.25) is 4.90 Å². The number of aryl methyl sites for hydroxylation is 1. The van der Waals surface area contributed by atoms with Crippen molar-refractivity contribution in [3.63, 3.8) is 0 Å². The van der Waals surface area contributed by atoms with Gasteiger partial charge in [0.25, 0.3) is 0 Å². The van der Waals surface area contributed by atoms with E-state index in [1.54, 1.807) is 12.1 Å². The second kappa shape index (κ2) is 6.89. The maximum Gasteiger partial charge on any atom is 0.123 e. The summed E-state index contributed by atoms with van der Waals surface area (Å²) >= 11 is 0. The number of hydrogen-bond donors (Lipinski definition) is 0. The predicted octanol–water partition coefficient (Wildman–Crippen LogP) is 6.02. The highest BCUT2D eigenvalue weighted by Gasteiger charge is 2.32. The summed E-state index contributed by atoms with van der Waals surface area (Å²) in [5.74, 6) is -0.187. The van der Waals surface area contributed by atoms with Crippen LogP contribution in [0.15, 0.2) is 42.5 Å². The molecule has 2 aromatic carbocycles. The van der Waals surface area contributed by atoms with E-state index in [2.05, 4.69) is 47.7 Å². The van der Waals surface area contributed by atoms with E-state index in [1.165, 1.54) is 53.5 Å². The van der Waals surface area contributed by atoms with E-state index >= 15 is 0 Å². The van der Waals surface area contributed by atoms with Crippen LogP contribution in [0.2, 0.25) is 0 Å². The van der Waals surface area contributed by atoms with Crippen molar-refractivity contribution < 1.29 is 4.39 Å². The molecule has 0 radical (unpaired) electrons. The molecular formula is C25H27FN2. The third-order valence-electron chi connectivity index (χ3n) is 6.54. The van der Waals surface area contributed by atoms with E-state index in [0.717, 1.165) is 24.1 Å². The fourth-order valence-corrected chi connectivity index (χ4v) is 5.00. The van der Waals surface area contributed by atoms with Gasteiger partial charge in [-0.15, -0.1) is 0 Å². The summed E-state index contributed by atoms with van der Waals surface area (Å²) < 4.78 is 15.7. The highest BCUT2D eigenvalue weighted by Crippen LogP contribution is 2.37. The lowest BCUT2D eigenvalue weighted by Crippen LogP contribution is -2.43. The Hall–Kier alpha value is -2.39. The van der Waals surface area contributed by atoms with Crippen LogP contribution in [0.3, 0.4) is 0 Å². The van der Waals surface area contributed by atoms with E-state index in [4.69, 9.17) is 0 Å². The minimum absolute atomic E-state index is 0.187. The Morgan fingerprint density at radius 2 is 1.93 bits per heavy atom. The van der Waals surface area contributed by atoms with Crippen molar-refractivity contribution in [2.45, 2.75) is 52.1 Å². The quantitative estimate of drug-likeness (QED) is 0.533. The standard InChI is InChI=1S/C25H27FN2/c1-17-6-11-24-22(13-17)23-16-27-12-4-3-5-21(27)14-25(23)28(24)15-18(2)19-7-9-20(26)10-8-19/h6-11,13,15,21H,3-5,12,14,16H2,1-2H3/b18-15+. The average Bonchev–Trinajstić information content (AvgIpc) is 2.99. The lowest BCUT2D eigenvalue weighted by molar-refractivity contribution is 0.126. The minimum atomic E-state index is -0.187. The van der Waals surface area contributed by atoms with Gasteiger partial charge >= 0.3 is 0 Å². The molecule has 1 saturated heterocycles. The van der Waals surface area contributed by atoms with Crippen LogP contribution in [0, 0.1) is 12.7 Å². The van der Waals surface area contributed by atoms with Crippen LogP contribution < -0.4 is 0 Å². The third-order valence-corrected chi connectivity index (χ3v) is 6.54. The van der Waals surface area contributed by atoms with E-state index in [9.17, 15) is 4.39 Å². The van der Waals surface area contributed by atoms with Crippen LogP contribution in [0.5, 0.6) is 0 Å². The first-order valence-electron chi connectivity index (χ1n) is 10.4. The number of fused-ring (bicyclic) bond motifs is 4. The molecule has 1 fully saturated rings. The number of allylic oxidation sites excluding steroid dienone is 1. The molecule has 1 aromatic heterocycles. The van der Waals surface area contributed by atoms with Gasteiger partial charge in [-0.25, -0.2) is 4.39 Å². The zero-order valence-corrected chi connectivity index (χ0v) is 16.7. The molecule has 0 N–H and O–H groups in total. The van der Waals surface area contributed by atoms with Crippen LogP contribution in [-0.4, -0.2) is 22.1 Å². The predicted molar refractivity (Wildman–Crippen MR) is 115 cm³/mol. The normalized spacial score (nSPS) is 20.2. The molecule has 0 spiro atoms. The van der Waals surface area contributed by atoms with Crippen LogP contribution in [-0.2, 0) is 13.0 Å². The second-order valence-corrected chi connectivity index (χ2v) is 8.46. The Kier molecular flexibility index (Phi) is 4.36. The van der Waals surface area contributed by atoms with Gasteiger partial charge in [-0.05, 0) is 74.2 Å². The summed E-state index contributed by atoms with van der Waals surface area (Å²) in [4.78, 5) is 2.69. The van der Waals surface area contributed by atoms with Crippen molar-refractivity contribution in [2.75, 3.05) is 6.54 Å². The number of aromatic nitrogens is 1. The van der Waals surface area contributed by atoms with Crippen molar-refractivity contribution in [3.8, 4) is 0 Å². The molecule has 2 nitrogen and oxygen atoms in total. The molecule has 0 aliphatic carbocycles. The molecule has 0 amide bonds. The fourth-order valence-electron chi connectivity index (χ4n) is 5.00. The van der Waals surface area contributed by atoms with Crippen molar-refractivity contribution in [1.82, 2.24) is 9.47 Å². The molecular weight excluding hydrogens is 347 g/mol. The molecule has 2 aliphatic rings. The summed E-state index contributed by atoms with van der Waals surface area (Å²) in [6, 6.07) is 14.3. The summed E-state index contributed by atoms with van der Waals surface area (Å²) in [7, 11) is 0. The molecule has 0 saturated carbocycles. The molecule has 28 heavy (non-hydrogen) atoms. The smallest absolute Gasteiger partial charge is 0.123 e. The molecule has 3 heteroatoms. The average molecular weight is 375 g/mol. The molecule has 5 rings (SSSR count). The van der Waals surface area contributed by atoms with Crippen LogP contribution in [0.4, 0.5) is 4.39 Å². The molecule has 144 valence electrons. The van der Waals surface area contributed by atoms with Crippen LogP contribution in [0.1, 0.15) is 48.6 Å². The summed E-state index contributed by atoms with van der Waals surface area (Å²) in [5, 5.41) is 1.39. The summed E-state index contributed by atoms with van der Waals surface area (Å²) in [6.07, 6.45) is 7.35. The topological polar surface area (TPSA) is 8.17 Å². The van der Waals surface area contributed by atoms with Gasteiger partial charge in [-0.2, -0.15) is 0 Å². The van der Waals surface area contributed by atoms with E-state index in [0.29, 0.717) is 6.04 Å². The van der Waals surface area contributed by atoms with E-state index in [1.807, 2.05) is 12.1 Å². The first-order chi connectivity index (χ1) is 13.6. The Bertz CT molecular complexity index is 1060. The van der Waals surface area contributed by atoms with Gasteiger partial charge in [0.15, 0.2) is 0 Å². The zero-order chi connectivity index (χ0) is 19.3. The van der Waals surface area contributed by atoms with Gasteiger partial charge in [0.1, 0.15) is 5.82 Å². The summed E-state index contributed by atoms with van der Waals surface area (Å²) in [6.45, 7) is 6.59. The molecule has 3 heterocycles. The number of nitrogens with zero attached hydrogens (tertiary/aromatic N) is 2. The minimum Gasteiger partial charge on any atom is -0.320 e. The number of benzene rings is 2. The lowest BCUT2D eigenvalue weighted by Gasteiger charge is -2.39. The van der Waals surface area contributed by atoms with Crippen LogP contribution in [0.25, 0.3) is 22.7 Å². The zero-order valence-electron chi connectivity index (χ0n) is 16.7. The molecule has 3 aromatic rings.